The van der Waals surface area contributed by atoms with Crippen LogP contribution in [0.15, 0.2) is 48.5 Å². The number of anilines is 2. The molecule has 0 unspecified atom stereocenters. The lowest BCUT2D eigenvalue weighted by Gasteiger charge is -2.16. The highest BCUT2D eigenvalue weighted by atomic mass is 32.2. The molecule has 0 aliphatic carbocycles. The van der Waals surface area contributed by atoms with E-state index in [0.29, 0.717) is 11.3 Å². The summed E-state index contributed by atoms with van der Waals surface area (Å²) in [7, 11) is -3.74. The van der Waals surface area contributed by atoms with Gasteiger partial charge in [0, 0.05) is 16.8 Å². The number of nitrogens with one attached hydrogen (secondary N) is 1. The van der Waals surface area contributed by atoms with E-state index < -0.39 is 33.7 Å². The largest absolute Gasteiger partial charge is 0.366 e. The molecule has 0 spiro atoms. The van der Waals surface area contributed by atoms with Gasteiger partial charge in [0.2, 0.25) is 21.8 Å². The fourth-order valence-corrected chi connectivity index (χ4v) is 4.59. The van der Waals surface area contributed by atoms with E-state index in [1.54, 1.807) is 6.92 Å². The molecule has 140 valence electrons. The van der Waals surface area contributed by atoms with E-state index in [-0.39, 0.29) is 17.0 Å². The van der Waals surface area contributed by atoms with Crippen molar-refractivity contribution in [2.24, 2.45) is 11.7 Å². The van der Waals surface area contributed by atoms with Crippen molar-refractivity contribution in [1.82, 2.24) is 0 Å². The van der Waals surface area contributed by atoms with Crippen molar-refractivity contribution in [1.29, 1.82) is 0 Å². The first-order chi connectivity index (χ1) is 12.7. The van der Waals surface area contributed by atoms with Gasteiger partial charge in [-0.1, -0.05) is 13.0 Å². The molecule has 3 N–H and O–H groups in total. The van der Waals surface area contributed by atoms with Gasteiger partial charge in [-0.3, -0.25) is 14.4 Å². The van der Waals surface area contributed by atoms with E-state index >= 15 is 0 Å². The van der Waals surface area contributed by atoms with E-state index in [0.717, 1.165) is 4.31 Å². The van der Waals surface area contributed by atoms with E-state index in [2.05, 4.69) is 5.32 Å². The molecule has 1 aliphatic rings. The molecule has 3 amide bonds. The van der Waals surface area contributed by atoms with Crippen LogP contribution < -0.4 is 15.4 Å². The predicted octanol–water partition coefficient (Wildman–Crippen LogP) is 1.35. The first-order valence-corrected chi connectivity index (χ1v) is 9.68. The third-order valence-corrected chi connectivity index (χ3v) is 6.00. The molecule has 3 rings (SSSR count). The predicted molar refractivity (Wildman–Crippen MR) is 99.8 cm³/mol. The average molecular weight is 387 g/mol. The van der Waals surface area contributed by atoms with E-state index in [1.165, 1.54) is 48.5 Å². The molecule has 0 radical (unpaired) electrons. The fraction of sp³-hybridized carbons (Fsp3) is 0.167. The Labute approximate surface area is 156 Å². The molecule has 2 aromatic rings. The maximum Gasteiger partial charge on any atom is 0.255 e. The van der Waals surface area contributed by atoms with Gasteiger partial charge >= 0.3 is 0 Å². The van der Waals surface area contributed by atoms with Crippen molar-refractivity contribution in [3.8, 4) is 0 Å². The van der Waals surface area contributed by atoms with E-state index in [1.807, 2.05) is 0 Å². The molecule has 2 aromatic carbocycles. The second-order valence-corrected chi connectivity index (χ2v) is 8.09. The van der Waals surface area contributed by atoms with Crippen LogP contribution in [0.4, 0.5) is 11.4 Å². The number of hydrogen-bond donors (Lipinski definition) is 2. The standard InChI is InChI=1S/C18H17N3O5S/c1-11-10-27(25,26)21(18(11)24)15-4-2-3-13(9-15)17(23)20-14-7-5-12(6-8-14)16(19)22/h2-9,11H,10H2,1H3,(H2,19,22)(H,20,23)/t11-/m0/s1. The molecule has 1 fully saturated rings. The molecule has 9 heteroatoms. The number of amides is 3. The highest BCUT2D eigenvalue weighted by Crippen LogP contribution is 2.29. The van der Waals surface area contributed by atoms with Crippen LogP contribution in [0.1, 0.15) is 27.6 Å². The smallest absolute Gasteiger partial charge is 0.255 e. The number of carbonyl (C=O) groups is 3. The molecule has 1 atom stereocenters. The summed E-state index contributed by atoms with van der Waals surface area (Å²) >= 11 is 0. The number of benzene rings is 2. The highest BCUT2D eigenvalue weighted by Gasteiger charge is 2.42. The van der Waals surface area contributed by atoms with Crippen molar-refractivity contribution >= 4 is 39.1 Å². The number of nitrogens with zero attached hydrogens (tertiary/aromatic N) is 1. The first-order valence-electron chi connectivity index (χ1n) is 8.07. The van der Waals surface area contributed by atoms with Gasteiger partial charge in [0.15, 0.2) is 0 Å². The third-order valence-electron chi connectivity index (χ3n) is 4.13. The van der Waals surface area contributed by atoms with Crippen LogP contribution in [0, 0.1) is 5.92 Å². The van der Waals surface area contributed by atoms with Crippen molar-refractivity contribution in [2.45, 2.75) is 6.92 Å². The summed E-state index contributed by atoms with van der Waals surface area (Å²) in [6.07, 6.45) is 0. The third kappa shape index (κ3) is 3.68. The minimum atomic E-state index is -3.74. The van der Waals surface area contributed by atoms with Crippen molar-refractivity contribution in [3.05, 3.63) is 59.7 Å². The Morgan fingerprint density at radius 3 is 2.33 bits per heavy atom. The second-order valence-electron chi connectivity index (χ2n) is 6.23. The van der Waals surface area contributed by atoms with Crippen LogP contribution in [0.2, 0.25) is 0 Å². The number of carbonyl (C=O) groups excluding carboxylic acids is 3. The molecule has 1 saturated heterocycles. The Balaban J connectivity index is 1.84. The average Bonchev–Trinajstić information content (AvgIpc) is 2.82. The summed E-state index contributed by atoms with van der Waals surface area (Å²) in [6, 6.07) is 11.8. The molecule has 0 aromatic heterocycles. The number of nitrogens with two attached hydrogens (primary N) is 1. The minimum Gasteiger partial charge on any atom is -0.366 e. The summed E-state index contributed by atoms with van der Waals surface area (Å²) in [6.45, 7) is 1.55. The molecule has 1 aliphatic heterocycles. The normalized spacial score (nSPS) is 18.3. The fourth-order valence-electron chi connectivity index (χ4n) is 2.78. The zero-order chi connectivity index (χ0) is 19.8. The Bertz CT molecular complexity index is 1030. The van der Waals surface area contributed by atoms with Gasteiger partial charge in [-0.05, 0) is 42.5 Å². The molecule has 0 saturated carbocycles. The van der Waals surface area contributed by atoms with Gasteiger partial charge < -0.3 is 11.1 Å². The van der Waals surface area contributed by atoms with Crippen LogP contribution >= 0.6 is 0 Å². The lowest BCUT2D eigenvalue weighted by atomic mass is 10.1. The first kappa shape index (κ1) is 18.6. The van der Waals surface area contributed by atoms with Gasteiger partial charge in [0.05, 0.1) is 17.4 Å². The lowest BCUT2D eigenvalue weighted by Crippen LogP contribution is -2.30. The molecule has 27 heavy (non-hydrogen) atoms. The number of hydrogen-bond acceptors (Lipinski definition) is 5. The summed E-state index contributed by atoms with van der Waals surface area (Å²) in [5, 5.41) is 2.64. The van der Waals surface area contributed by atoms with Crippen LogP contribution in [-0.4, -0.2) is 31.9 Å². The summed E-state index contributed by atoms with van der Waals surface area (Å²) in [5.74, 6) is -2.47. The highest BCUT2D eigenvalue weighted by molar-refractivity contribution is 7.94. The monoisotopic (exact) mass is 387 g/mol. The number of rotatable bonds is 4. The second kappa shape index (κ2) is 6.84. The molecular formula is C18H17N3O5S. The SMILES string of the molecule is C[C@H]1CS(=O)(=O)N(c2cccc(C(=O)Nc3ccc(C(N)=O)cc3)c2)C1=O. The summed E-state index contributed by atoms with van der Waals surface area (Å²) in [4.78, 5) is 35.7. The maximum absolute atomic E-state index is 12.5. The van der Waals surface area contributed by atoms with Crippen LogP contribution in [0.5, 0.6) is 0 Å². The van der Waals surface area contributed by atoms with Gasteiger partial charge in [-0.25, -0.2) is 12.7 Å². The topological polar surface area (TPSA) is 127 Å². The quantitative estimate of drug-likeness (QED) is 0.819. The van der Waals surface area contributed by atoms with Crippen molar-refractivity contribution in [3.63, 3.8) is 0 Å². The van der Waals surface area contributed by atoms with Gasteiger partial charge in [0.1, 0.15) is 0 Å². The molecule has 1 heterocycles. The van der Waals surface area contributed by atoms with Gasteiger partial charge in [0.25, 0.3) is 5.91 Å². The van der Waals surface area contributed by atoms with Gasteiger partial charge in [-0.15, -0.1) is 0 Å². The van der Waals surface area contributed by atoms with E-state index in [9.17, 15) is 22.8 Å². The molecule has 8 nitrogen and oxygen atoms in total. The molecule has 0 bridgehead atoms. The Hall–Kier alpha value is -3.20. The molecular weight excluding hydrogens is 370 g/mol. The zero-order valence-corrected chi connectivity index (χ0v) is 15.2. The minimum absolute atomic E-state index is 0.126. The van der Waals surface area contributed by atoms with Crippen molar-refractivity contribution < 1.29 is 22.8 Å². The zero-order valence-electron chi connectivity index (χ0n) is 14.4. The summed E-state index contributed by atoms with van der Waals surface area (Å²) in [5.41, 5.74) is 6.23. The lowest BCUT2D eigenvalue weighted by molar-refractivity contribution is -0.119. The van der Waals surface area contributed by atoms with Crippen LogP contribution in [-0.2, 0) is 14.8 Å². The van der Waals surface area contributed by atoms with Gasteiger partial charge in [-0.2, -0.15) is 0 Å². The van der Waals surface area contributed by atoms with Crippen LogP contribution in [0.25, 0.3) is 0 Å². The Kier molecular flexibility index (Phi) is 4.71. The number of primary amides is 1. The van der Waals surface area contributed by atoms with Crippen LogP contribution in [0.3, 0.4) is 0 Å². The maximum atomic E-state index is 12.5. The van der Waals surface area contributed by atoms with E-state index in [4.69, 9.17) is 5.73 Å². The Morgan fingerprint density at radius 1 is 1.11 bits per heavy atom. The number of sulfonamides is 1. The van der Waals surface area contributed by atoms with Crippen molar-refractivity contribution in [2.75, 3.05) is 15.4 Å². The Morgan fingerprint density at radius 2 is 1.78 bits per heavy atom. The summed E-state index contributed by atoms with van der Waals surface area (Å²) < 4.78 is 25.2.